The van der Waals surface area contributed by atoms with Crippen LogP contribution < -0.4 is 5.73 Å². The van der Waals surface area contributed by atoms with Crippen LogP contribution in [0.25, 0.3) is 0 Å². The van der Waals surface area contributed by atoms with Crippen LogP contribution in [0, 0.1) is 0 Å². The number of aromatic nitrogens is 2. The zero-order valence-electron chi connectivity index (χ0n) is 12.3. The summed E-state index contributed by atoms with van der Waals surface area (Å²) in [5.41, 5.74) is 5.76. The molecule has 7 nitrogen and oxygen atoms in total. The van der Waals surface area contributed by atoms with E-state index < -0.39 is 10.0 Å². The van der Waals surface area contributed by atoms with Gasteiger partial charge in [0.2, 0.25) is 10.0 Å². The number of likely N-dealkylation sites (N-methyl/N-ethyl adjacent to an activating group) is 1. The van der Waals surface area contributed by atoms with Crippen LogP contribution in [0.4, 0.5) is 5.82 Å². The molecular weight excluding hydrogens is 278 g/mol. The van der Waals surface area contributed by atoms with Gasteiger partial charge in [0, 0.05) is 38.4 Å². The fourth-order valence-corrected chi connectivity index (χ4v) is 4.02. The molecule has 1 atom stereocenters. The number of nitrogens with two attached hydrogens (primary N) is 1. The smallest absolute Gasteiger partial charge is 0.248 e. The van der Waals surface area contributed by atoms with Gasteiger partial charge in [-0.2, -0.15) is 9.40 Å². The molecule has 1 fully saturated rings. The van der Waals surface area contributed by atoms with Crippen LogP contribution in [-0.2, 0) is 16.6 Å². The minimum absolute atomic E-state index is 0.0822. The number of rotatable bonds is 4. The number of piperazine rings is 1. The molecule has 0 aromatic carbocycles. The van der Waals surface area contributed by atoms with Gasteiger partial charge in [0.05, 0.1) is 0 Å². The Kier molecular flexibility index (Phi) is 4.36. The lowest BCUT2D eigenvalue weighted by Gasteiger charge is -2.38. The molecule has 1 unspecified atom stereocenters. The summed E-state index contributed by atoms with van der Waals surface area (Å²) in [5, 5.41) is 4.02. The highest BCUT2D eigenvalue weighted by molar-refractivity contribution is 7.89. The van der Waals surface area contributed by atoms with Crippen molar-refractivity contribution < 1.29 is 8.42 Å². The lowest BCUT2D eigenvalue weighted by atomic mass is 10.1. The molecule has 0 radical (unpaired) electrons. The molecule has 1 aromatic rings. The van der Waals surface area contributed by atoms with E-state index in [0.717, 1.165) is 13.0 Å². The van der Waals surface area contributed by atoms with Crippen molar-refractivity contribution in [3.05, 3.63) is 6.20 Å². The SMILES string of the molecule is CCC1CN(S(=O)(=O)c2cn(CC)nc2N)CCN1C. The average Bonchev–Trinajstić information content (AvgIpc) is 2.81. The van der Waals surface area contributed by atoms with E-state index in [-0.39, 0.29) is 16.8 Å². The fourth-order valence-electron chi connectivity index (χ4n) is 2.49. The first-order valence-corrected chi connectivity index (χ1v) is 8.37. The molecule has 0 bridgehead atoms. The largest absolute Gasteiger partial charge is 0.381 e. The van der Waals surface area contributed by atoms with Crippen molar-refractivity contribution in [3.8, 4) is 0 Å². The Hall–Kier alpha value is -1.12. The summed E-state index contributed by atoms with van der Waals surface area (Å²) >= 11 is 0. The van der Waals surface area contributed by atoms with Gasteiger partial charge in [-0.15, -0.1) is 0 Å². The summed E-state index contributed by atoms with van der Waals surface area (Å²) < 4.78 is 28.4. The maximum Gasteiger partial charge on any atom is 0.248 e. The molecule has 2 rings (SSSR count). The molecule has 2 N–H and O–H groups in total. The normalized spacial score (nSPS) is 22.2. The summed E-state index contributed by atoms with van der Waals surface area (Å²) in [5.74, 6) is 0.0822. The highest BCUT2D eigenvalue weighted by Gasteiger charge is 2.34. The highest BCUT2D eigenvalue weighted by Crippen LogP contribution is 2.24. The second kappa shape index (κ2) is 5.71. The summed E-state index contributed by atoms with van der Waals surface area (Å²) in [4.78, 5) is 2.32. The topological polar surface area (TPSA) is 84.5 Å². The van der Waals surface area contributed by atoms with Crippen molar-refractivity contribution in [1.82, 2.24) is 19.0 Å². The van der Waals surface area contributed by atoms with E-state index >= 15 is 0 Å². The molecule has 0 spiro atoms. The van der Waals surface area contributed by atoms with Gasteiger partial charge < -0.3 is 10.6 Å². The molecule has 1 aliphatic rings. The van der Waals surface area contributed by atoms with Crippen molar-refractivity contribution in [2.75, 3.05) is 32.4 Å². The van der Waals surface area contributed by atoms with Crippen molar-refractivity contribution in [1.29, 1.82) is 0 Å². The van der Waals surface area contributed by atoms with Crippen LogP contribution in [0.5, 0.6) is 0 Å². The predicted molar refractivity (Wildman–Crippen MR) is 77.8 cm³/mol. The number of hydrogen-bond donors (Lipinski definition) is 1. The van der Waals surface area contributed by atoms with Gasteiger partial charge in [0.15, 0.2) is 5.82 Å². The van der Waals surface area contributed by atoms with Gasteiger partial charge in [-0.25, -0.2) is 8.42 Å². The van der Waals surface area contributed by atoms with E-state index in [9.17, 15) is 8.42 Å². The molecule has 2 heterocycles. The van der Waals surface area contributed by atoms with Gasteiger partial charge in [0.25, 0.3) is 0 Å². The first kappa shape index (κ1) is 15.3. The Balaban J connectivity index is 2.28. The minimum atomic E-state index is -3.55. The monoisotopic (exact) mass is 301 g/mol. The molecule has 1 aliphatic heterocycles. The van der Waals surface area contributed by atoms with Gasteiger partial charge >= 0.3 is 0 Å². The maximum atomic E-state index is 12.7. The Labute approximate surface area is 120 Å². The Bertz CT molecular complexity index is 568. The second-order valence-electron chi connectivity index (χ2n) is 5.14. The van der Waals surface area contributed by atoms with Gasteiger partial charge in [-0.3, -0.25) is 4.68 Å². The summed E-state index contributed by atoms with van der Waals surface area (Å²) in [6.07, 6.45) is 2.44. The van der Waals surface area contributed by atoms with E-state index in [1.54, 1.807) is 4.68 Å². The third kappa shape index (κ3) is 2.68. The summed E-state index contributed by atoms with van der Waals surface area (Å²) in [6.45, 7) is 6.30. The summed E-state index contributed by atoms with van der Waals surface area (Å²) in [6, 6.07) is 0.251. The maximum absolute atomic E-state index is 12.7. The second-order valence-corrected chi connectivity index (χ2v) is 7.05. The Morgan fingerprint density at radius 2 is 2.10 bits per heavy atom. The van der Waals surface area contributed by atoms with Crippen LogP contribution in [0.2, 0.25) is 0 Å². The van der Waals surface area contributed by atoms with E-state index in [1.807, 2.05) is 14.0 Å². The lowest BCUT2D eigenvalue weighted by molar-refractivity contribution is 0.144. The number of aryl methyl sites for hydroxylation is 1. The first-order chi connectivity index (χ1) is 9.40. The molecule has 0 aliphatic carbocycles. The van der Waals surface area contributed by atoms with E-state index in [1.165, 1.54) is 10.5 Å². The minimum Gasteiger partial charge on any atom is -0.381 e. The molecule has 114 valence electrons. The number of sulfonamides is 1. The third-order valence-electron chi connectivity index (χ3n) is 3.91. The van der Waals surface area contributed by atoms with Crippen LogP contribution in [0.1, 0.15) is 20.3 Å². The van der Waals surface area contributed by atoms with Crippen LogP contribution in [-0.4, -0.2) is 60.1 Å². The Morgan fingerprint density at radius 1 is 1.40 bits per heavy atom. The fraction of sp³-hybridized carbons (Fsp3) is 0.750. The van der Waals surface area contributed by atoms with E-state index in [4.69, 9.17) is 5.73 Å². The van der Waals surface area contributed by atoms with Gasteiger partial charge in [0.1, 0.15) is 4.90 Å². The van der Waals surface area contributed by atoms with Crippen molar-refractivity contribution in [2.24, 2.45) is 0 Å². The average molecular weight is 301 g/mol. The van der Waals surface area contributed by atoms with E-state index in [2.05, 4.69) is 16.9 Å². The molecule has 0 amide bonds. The zero-order valence-corrected chi connectivity index (χ0v) is 13.1. The third-order valence-corrected chi connectivity index (χ3v) is 5.79. The van der Waals surface area contributed by atoms with Crippen molar-refractivity contribution in [2.45, 2.75) is 37.8 Å². The highest BCUT2D eigenvalue weighted by atomic mass is 32.2. The van der Waals surface area contributed by atoms with Crippen molar-refractivity contribution >= 4 is 15.8 Å². The number of nitrogens with zero attached hydrogens (tertiary/aromatic N) is 4. The molecule has 20 heavy (non-hydrogen) atoms. The van der Waals surface area contributed by atoms with Crippen molar-refractivity contribution in [3.63, 3.8) is 0 Å². The standard InChI is InChI=1S/C12H23N5O2S/c1-4-10-8-17(7-6-15(10)3)20(18,19)11-9-16(5-2)14-12(11)13/h9-10H,4-8H2,1-3H3,(H2,13,14). The number of nitrogen functional groups attached to an aromatic ring is 1. The molecule has 1 aromatic heterocycles. The molecule has 1 saturated heterocycles. The predicted octanol–water partition coefficient (Wildman–Crippen LogP) is 0.200. The van der Waals surface area contributed by atoms with Crippen LogP contribution in [0.3, 0.4) is 0 Å². The van der Waals surface area contributed by atoms with Crippen LogP contribution in [0.15, 0.2) is 11.1 Å². The van der Waals surface area contributed by atoms with Gasteiger partial charge in [-0.1, -0.05) is 6.92 Å². The lowest BCUT2D eigenvalue weighted by Crippen LogP contribution is -2.52. The number of anilines is 1. The van der Waals surface area contributed by atoms with Gasteiger partial charge in [-0.05, 0) is 20.4 Å². The van der Waals surface area contributed by atoms with E-state index in [0.29, 0.717) is 19.6 Å². The molecule has 8 heteroatoms. The zero-order chi connectivity index (χ0) is 14.9. The first-order valence-electron chi connectivity index (χ1n) is 6.93. The van der Waals surface area contributed by atoms with Crippen LogP contribution >= 0.6 is 0 Å². The quantitative estimate of drug-likeness (QED) is 0.859. The number of hydrogen-bond acceptors (Lipinski definition) is 5. The Morgan fingerprint density at radius 3 is 2.65 bits per heavy atom. The summed E-state index contributed by atoms with van der Waals surface area (Å²) in [7, 11) is -1.52. The molecule has 0 saturated carbocycles. The molecular formula is C12H23N5O2S.